The van der Waals surface area contributed by atoms with Crippen LogP contribution in [0.1, 0.15) is 56.6 Å². The quantitative estimate of drug-likeness (QED) is 0.797. The van der Waals surface area contributed by atoms with Gasteiger partial charge in [0.15, 0.2) is 0 Å². The van der Waals surface area contributed by atoms with Crippen molar-refractivity contribution in [2.45, 2.75) is 51.0 Å². The lowest BCUT2D eigenvalue weighted by Gasteiger charge is -2.23. The first-order valence-electron chi connectivity index (χ1n) is 8.20. The van der Waals surface area contributed by atoms with Gasteiger partial charge in [-0.3, -0.25) is 9.59 Å². The Morgan fingerprint density at radius 3 is 2.48 bits per heavy atom. The van der Waals surface area contributed by atoms with Gasteiger partial charge in [0.2, 0.25) is 5.91 Å². The van der Waals surface area contributed by atoms with E-state index in [4.69, 9.17) is 16.3 Å². The molecule has 4 nitrogen and oxygen atoms in total. The smallest absolute Gasteiger partial charge is 0.307 e. The molecule has 1 saturated carbocycles. The molecule has 1 N–H and O–H groups in total. The van der Waals surface area contributed by atoms with E-state index in [0.29, 0.717) is 17.4 Å². The Balaban J connectivity index is 1.99. The Bertz CT molecular complexity index is 524. The van der Waals surface area contributed by atoms with Crippen LogP contribution >= 0.6 is 11.6 Å². The zero-order valence-electron chi connectivity index (χ0n) is 13.5. The first-order valence-corrected chi connectivity index (χ1v) is 8.58. The van der Waals surface area contributed by atoms with Crippen molar-refractivity contribution in [3.05, 3.63) is 34.9 Å². The maximum absolute atomic E-state index is 12.3. The Morgan fingerprint density at radius 1 is 1.22 bits per heavy atom. The van der Waals surface area contributed by atoms with Crippen molar-refractivity contribution in [3.8, 4) is 0 Å². The van der Waals surface area contributed by atoms with Crippen molar-refractivity contribution in [1.29, 1.82) is 0 Å². The molecule has 1 aromatic carbocycles. The van der Waals surface area contributed by atoms with E-state index in [0.717, 1.165) is 18.4 Å². The van der Waals surface area contributed by atoms with Gasteiger partial charge in [0.05, 0.1) is 19.6 Å². The van der Waals surface area contributed by atoms with E-state index in [1.54, 1.807) is 12.1 Å². The van der Waals surface area contributed by atoms with Gasteiger partial charge in [-0.25, -0.2) is 0 Å². The van der Waals surface area contributed by atoms with Gasteiger partial charge in [-0.15, -0.1) is 0 Å². The maximum Gasteiger partial charge on any atom is 0.307 e. The largest absolute Gasteiger partial charge is 0.469 e. The Hall–Kier alpha value is -1.55. The van der Waals surface area contributed by atoms with Crippen molar-refractivity contribution >= 4 is 23.5 Å². The number of methoxy groups -OCH3 is 1. The van der Waals surface area contributed by atoms with E-state index in [1.165, 1.54) is 26.4 Å². The van der Waals surface area contributed by atoms with Gasteiger partial charge in [0.25, 0.3) is 0 Å². The number of carbonyl (C=O) groups excluding carboxylic acids is 2. The number of amides is 1. The fourth-order valence-electron chi connectivity index (χ4n) is 3.10. The van der Waals surface area contributed by atoms with Crippen molar-refractivity contribution in [2.24, 2.45) is 5.92 Å². The van der Waals surface area contributed by atoms with Crippen LogP contribution in [0.15, 0.2) is 24.3 Å². The highest BCUT2D eigenvalue weighted by Crippen LogP contribution is 2.27. The van der Waals surface area contributed by atoms with E-state index in [-0.39, 0.29) is 24.3 Å². The van der Waals surface area contributed by atoms with Crippen LogP contribution in [0.5, 0.6) is 0 Å². The molecule has 1 aromatic rings. The van der Waals surface area contributed by atoms with Crippen LogP contribution in [0.3, 0.4) is 0 Å². The lowest BCUT2D eigenvalue weighted by atomic mass is 9.86. The fourth-order valence-corrected chi connectivity index (χ4v) is 3.23. The first-order chi connectivity index (χ1) is 11.1. The third-order valence-corrected chi connectivity index (χ3v) is 4.66. The summed E-state index contributed by atoms with van der Waals surface area (Å²) >= 11 is 5.90. The van der Waals surface area contributed by atoms with E-state index in [9.17, 15) is 9.59 Å². The van der Waals surface area contributed by atoms with Crippen molar-refractivity contribution < 1.29 is 14.3 Å². The summed E-state index contributed by atoms with van der Waals surface area (Å²) in [6, 6.07) is 6.80. The molecule has 5 heteroatoms. The second-order valence-electron chi connectivity index (χ2n) is 6.16. The summed E-state index contributed by atoms with van der Waals surface area (Å²) in [4.78, 5) is 24.0. The molecule has 1 aliphatic carbocycles. The van der Waals surface area contributed by atoms with E-state index in [2.05, 4.69) is 5.32 Å². The standard InChI is InChI=1S/C18H24ClNO3/c1-23-18(22)12-16(14-7-9-15(19)10-8-14)20-17(21)11-13-5-3-2-4-6-13/h7-10,13,16H,2-6,11-12H2,1H3,(H,20,21). The Labute approximate surface area is 142 Å². The minimum atomic E-state index is -0.379. The topological polar surface area (TPSA) is 55.4 Å². The van der Waals surface area contributed by atoms with Crippen LogP contribution in [0.4, 0.5) is 0 Å². The SMILES string of the molecule is COC(=O)CC(NC(=O)CC1CCCCC1)c1ccc(Cl)cc1. The summed E-state index contributed by atoms with van der Waals surface area (Å²) in [5.41, 5.74) is 0.858. The van der Waals surface area contributed by atoms with E-state index < -0.39 is 0 Å². The summed E-state index contributed by atoms with van der Waals surface area (Å²) < 4.78 is 4.74. The second-order valence-corrected chi connectivity index (χ2v) is 6.60. The molecule has 1 aliphatic rings. The molecule has 23 heavy (non-hydrogen) atoms. The van der Waals surface area contributed by atoms with Crippen molar-refractivity contribution in [2.75, 3.05) is 7.11 Å². The summed E-state index contributed by atoms with van der Waals surface area (Å²) in [5.74, 6) is 0.122. The lowest BCUT2D eigenvalue weighted by molar-refractivity contribution is -0.141. The highest BCUT2D eigenvalue weighted by molar-refractivity contribution is 6.30. The molecule has 1 amide bonds. The van der Waals surface area contributed by atoms with Gasteiger partial charge in [0, 0.05) is 11.4 Å². The minimum absolute atomic E-state index is 0.000697. The van der Waals surface area contributed by atoms with Crippen LogP contribution in [0.25, 0.3) is 0 Å². The predicted molar refractivity (Wildman–Crippen MR) is 90.2 cm³/mol. The average Bonchev–Trinajstić information content (AvgIpc) is 2.55. The summed E-state index contributed by atoms with van der Waals surface area (Å²) in [5, 5.41) is 3.61. The fraction of sp³-hybridized carbons (Fsp3) is 0.556. The summed E-state index contributed by atoms with van der Waals surface area (Å²) in [7, 11) is 1.35. The zero-order chi connectivity index (χ0) is 16.7. The number of nitrogens with one attached hydrogen (secondary N) is 1. The Morgan fingerprint density at radius 2 is 1.87 bits per heavy atom. The van der Waals surface area contributed by atoms with Gasteiger partial charge in [0.1, 0.15) is 0 Å². The number of hydrogen-bond donors (Lipinski definition) is 1. The van der Waals surface area contributed by atoms with Crippen LogP contribution in [-0.4, -0.2) is 19.0 Å². The van der Waals surface area contributed by atoms with Crippen LogP contribution in [0, 0.1) is 5.92 Å². The molecular formula is C18H24ClNO3. The summed E-state index contributed by atoms with van der Waals surface area (Å²) in [6.07, 6.45) is 6.58. The molecule has 1 atom stereocenters. The molecule has 0 radical (unpaired) electrons. The van der Waals surface area contributed by atoms with Gasteiger partial charge in [-0.2, -0.15) is 0 Å². The van der Waals surface area contributed by atoms with Crippen molar-refractivity contribution in [1.82, 2.24) is 5.32 Å². The third-order valence-electron chi connectivity index (χ3n) is 4.40. The number of rotatable bonds is 6. The van der Waals surface area contributed by atoms with Gasteiger partial charge in [-0.1, -0.05) is 43.0 Å². The molecule has 126 valence electrons. The molecule has 0 spiro atoms. The lowest BCUT2D eigenvalue weighted by Crippen LogP contribution is -2.32. The molecule has 0 bridgehead atoms. The number of benzene rings is 1. The number of esters is 1. The van der Waals surface area contributed by atoms with Gasteiger partial charge < -0.3 is 10.1 Å². The van der Waals surface area contributed by atoms with Crippen LogP contribution in [-0.2, 0) is 14.3 Å². The average molecular weight is 338 g/mol. The van der Waals surface area contributed by atoms with Crippen LogP contribution in [0.2, 0.25) is 5.02 Å². The van der Waals surface area contributed by atoms with Gasteiger partial charge >= 0.3 is 5.97 Å². The van der Waals surface area contributed by atoms with E-state index >= 15 is 0 Å². The molecule has 1 unspecified atom stereocenters. The minimum Gasteiger partial charge on any atom is -0.469 e. The number of hydrogen-bond acceptors (Lipinski definition) is 3. The molecule has 0 aliphatic heterocycles. The maximum atomic E-state index is 12.3. The molecular weight excluding hydrogens is 314 g/mol. The number of carbonyl (C=O) groups is 2. The molecule has 0 saturated heterocycles. The molecule has 1 fully saturated rings. The van der Waals surface area contributed by atoms with Crippen LogP contribution < -0.4 is 5.32 Å². The Kier molecular flexibility index (Phi) is 6.90. The second kappa shape index (κ2) is 8.92. The van der Waals surface area contributed by atoms with Gasteiger partial charge in [-0.05, 0) is 36.5 Å². The molecule has 0 aromatic heterocycles. The normalized spacial score (nSPS) is 16.6. The zero-order valence-corrected chi connectivity index (χ0v) is 14.3. The first kappa shape index (κ1) is 17.8. The number of halogens is 1. The molecule has 0 heterocycles. The molecule has 2 rings (SSSR count). The summed E-state index contributed by atoms with van der Waals surface area (Å²) in [6.45, 7) is 0. The highest BCUT2D eigenvalue weighted by atomic mass is 35.5. The monoisotopic (exact) mass is 337 g/mol. The number of ether oxygens (including phenoxy) is 1. The highest BCUT2D eigenvalue weighted by Gasteiger charge is 2.22. The van der Waals surface area contributed by atoms with E-state index in [1.807, 2.05) is 12.1 Å². The third kappa shape index (κ3) is 5.87. The predicted octanol–water partition coefficient (Wildman–Crippen LogP) is 4.03. The van der Waals surface area contributed by atoms with Crippen molar-refractivity contribution in [3.63, 3.8) is 0 Å².